The number of benzene rings is 2. The van der Waals surface area contributed by atoms with Gasteiger partial charge in [-0.25, -0.2) is 8.42 Å². The lowest BCUT2D eigenvalue weighted by molar-refractivity contribution is -0.154. The zero-order valence-electron chi connectivity index (χ0n) is 15.5. The van der Waals surface area contributed by atoms with Crippen LogP contribution in [0.15, 0.2) is 41.3 Å². The molecule has 0 aliphatic heterocycles. The minimum Gasteiger partial charge on any atom is -0.495 e. The molecule has 2 aromatic rings. The lowest BCUT2D eigenvalue weighted by atomic mass is 10.3. The number of alkyl halides is 6. The number of hydrogen-bond donors (Lipinski definition) is 1. The number of hydrogen-bond acceptors (Lipinski definition) is 5. The molecule has 0 heterocycles. The van der Waals surface area contributed by atoms with E-state index < -0.39 is 52.0 Å². The quantitative estimate of drug-likeness (QED) is 0.522. The second-order valence-corrected chi connectivity index (χ2v) is 7.95. The van der Waals surface area contributed by atoms with Crippen molar-refractivity contribution in [3.05, 3.63) is 41.4 Å². The van der Waals surface area contributed by atoms with Crippen LogP contribution >= 0.6 is 11.6 Å². The highest BCUT2D eigenvalue weighted by atomic mass is 35.5. The van der Waals surface area contributed by atoms with Crippen LogP contribution < -0.4 is 18.9 Å². The van der Waals surface area contributed by atoms with Gasteiger partial charge in [-0.15, -0.1) is 0 Å². The van der Waals surface area contributed by atoms with Gasteiger partial charge in [-0.2, -0.15) is 26.3 Å². The summed E-state index contributed by atoms with van der Waals surface area (Å²) in [5.74, 6) is -1.30. The molecule has 0 spiro atoms. The second-order valence-electron chi connectivity index (χ2n) is 5.87. The molecule has 0 aliphatic rings. The first-order chi connectivity index (χ1) is 14.2. The number of anilines is 1. The first-order valence-electron chi connectivity index (χ1n) is 8.10. The van der Waals surface area contributed by atoms with E-state index in [-0.39, 0.29) is 16.5 Å². The molecule has 2 rings (SSSR count). The van der Waals surface area contributed by atoms with Crippen molar-refractivity contribution in [1.82, 2.24) is 0 Å². The van der Waals surface area contributed by atoms with Crippen LogP contribution in [-0.2, 0) is 10.0 Å². The van der Waals surface area contributed by atoms with Crippen LogP contribution in [0.25, 0.3) is 0 Å². The Morgan fingerprint density at radius 2 is 1.48 bits per heavy atom. The molecule has 2 aromatic carbocycles. The Hall–Kier alpha value is -2.54. The Bertz CT molecular complexity index is 1030. The third-order valence-electron chi connectivity index (χ3n) is 3.40. The van der Waals surface area contributed by atoms with Gasteiger partial charge in [0.25, 0.3) is 10.0 Å². The van der Waals surface area contributed by atoms with Crippen molar-refractivity contribution in [2.75, 3.05) is 25.0 Å². The number of rotatable bonds is 8. The predicted molar refractivity (Wildman–Crippen MR) is 98.4 cm³/mol. The van der Waals surface area contributed by atoms with Gasteiger partial charge in [0.05, 0.1) is 12.8 Å². The molecule has 1 N–H and O–H groups in total. The summed E-state index contributed by atoms with van der Waals surface area (Å²) in [6.45, 7) is -3.58. The smallest absolute Gasteiger partial charge is 0.422 e. The van der Waals surface area contributed by atoms with E-state index in [1.54, 1.807) is 0 Å². The van der Waals surface area contributed by atoms with Gasteiger partial charge in [-0.3, -0.25) is 4.72 Å². The van der Waals surface area contributed by atoms with Crippen molar-refractivity contribution in [3.63, 3.8) is 0 Å². The van der Waals surface area contributed by atoms with Crippen molar-refractivity contribution in [2.45, 2.75) is 17.2 Å². The van der Waals surface area contributed by atoms with Gasteiger partial charge in [0.1, 0.15) is 22.1 Å². The van der Waals surface area contributed by atoms with Gasteiger partial charge in [-0.05, 0) is 30.3 Å². The molecular formula is C17H14ClF6NO5S. The topological polar surface area (TPSA) is 73.9 Å². The minimum atomic E-state index is -4.80. The monoisotopic (exact) mass is 493 g/mol. The van der Waals surface area contributed by atoms with Crippen molar-refractivity contribution >= 4 is 27.3 Å². The SMILES string of the molecule is COc1ccc(Cl)cc1NS(=O)(=O)c1cc(OCC(F)(F)F)ccc1OCC(F)(F)F. The Morgan fingerprint density at radius 3 is 2.06 bits per heavy atom. The molecular weight excluding hydrogens is 480 g/mol. The number of sulfonamides is 1. The fraction of sp³-hybridized carbons (Fsp3) is 0.294. The summed E-state index contributed by atoms with van der Waals surface area (Å²) < 4.78 is 116. The fourth-order valence-electron chi connectivity index (χ4n) is 2.19. The summed E-state index contributed by atoms with van der Waals surface area (Å²) in [5.41, 5.74) is -0.168. The van der Waals surface area contributed by atoms with Crippen molar-refractivity contribution in [3.8, 4) is 17.2 Å². The highest BCUT2D eigenvalue weighted by Gasteiger charge is 2.32. The van der Waals surface area contributed by atoms with Gasteiger partial charge in [0.2, 0.25) is 0 Å². The van der Waals surface area contributed by atoms with E-state index in [1.165, 1.54) is 19.2 Å². The van der Waals surface area contributed by atoms with Crippen molar-refractivity contribution in [1.29, 1.82) is 0 Å². The first-order valence-corrected chi connectivity index (χ1v) is 9.96. The van der Waals surface area contributed by atoms with Gasteiger partial charge in [-0.1, -0.05) is 11.6 Å². The number of ether oxygens (including phenoxy) is 3. The van der Waals surface area contributed by atoms with E-state index in [2.05, 4.69) is 14.2 Å². The maximum Gasteiger partial charge on any atom is 0.422 e. The molecule has 0 saturated heterocycles. The van der Waals surface area contributed by atoms with E-state index in [0.717, 1.165) is 18.2 Å². The summed E-state index contributed by atoms with van der Waals surface area (Å²) in [7, 11) is -3.45. The summed E-state index contributed by atoms with van der Waals surface area (Å²) >= 11 is 5.82. The van der Waals surface area contributed by atoms with Gasteiger partial charge >= 0.3 is 12.4 Å². The Kier molecular flexibility index (Phi) is 7.42. The Morgan fingerprint density at radius 1 is 0.903 bits per heavy atom. The van der Waals surface area contributed by atoms with Crippen molar-refractivity contribution < 1.29 is 49.0 Å². The standard InChI is InChI=1S/C17H14ClF6NO5S/c1-28-13-4-2-10(18)6-12(13)25-31(26,27)15-7-11(29-8-16(19,20)21)3-5-14(15)30-9-17(22,23)24/h2-7,25H,8-9H2,1H3. The van der Waals surface area contributed by atoms with Crippen LogP contribution in [0.1, 0.15) is 0 Å². The Balaban J connectivity index is 2.46. The predicted octanol–water partition coefficient (Wildman–Crippen LogP) is 5.03. The molecule has 0 unspecified atom stereocenters. The fourth-order valence-corrected chi connectivity index (χ4v) is 3.59. The third kappa shape index (κ3) is 7.58. The average molecular weight is 494 g/mol. The minimum absolute atomic E-state index is 0.0233. The van der Waals surface area contributed by atoms with E-state index in [4.69, 9.17) is 16.3 Å². The van der Waals surface area contributed by atoms with E-state index >= 15 is 0 Å². The zero-order chi connectivity index (χ0) is 23.4. The zero-order valence-corrected chi connectivity index (χ0v) is 17.0. The lowest BCUT2D eigenvalue weighted by Gasteiger charge is -2.17. The lowest BCUT2D eigenvalue weighted by Crippen LogP contribution is -2.22. The number of methoxy groups -OCH3 is 1. The summed E-state index contributed by atoms with van der Waals surface area (Å²) in [4.78, 5) is -0.890. The molecule has 14 heteroatoms. The largest absolute Gasteiger partial charge is 0.495 e. The molecule has 0 aromatic heterocycles. The van der Waals surface area contributed by atoms with Crippen LogP contribution in [0.3, 0.4) is 0 Å². The molecule has 0 saturated carbocycles. The van der Waals surface area contributed by atoms with Gasteiger partial charge in [0.15, 0.2) is 13.2 Å². The van der Waals surface area contributed by atoms with Crippen molar-refractivity contribution in [2.24, 2.45) is 0 Å². The van der Waals surface area contributed by atoms with Crippen LogP contribution in [-0.4, -0.2) is 41.1 Å². The molecule has 172 valence electrons. The maximum absolute atomic E-state index is 12.8. The average Bonchev–Trinajstić information content (AvgIpc) is 2.63. The molecule has 0 radical (unpaired) electrons. The molecule has 31 heavy (non-hydrogen) atoms. The highest BCUT2D eigenvalue weighted by molar-refractivity contribution is 7.92. The van der Waals surface area contributed by atoms with Crippen LogP contribution in [0.5, 0.6) is 17.2 Å². The maximum atomic E-state index is 12.8. The number of nitrogens with one attached hydrogen (secondary N) is 1. The molecule has 0 fully saturated rings. The van der Waals surface area contributed by atoms with Crippen LogP contribution in [0, 0.1) is 0 Å². The van der Waals surface area contributed by atoms with E-state index in [1.807, 2.05) is 0 Å². The molecule has 0 amide bonds. The highest BCUT2D eigenvalue weighted by Crippen LogP contribution is 2.35. The normalized spacial score (nSPS) is 12.4. The number of halogens is 7. The van der Waals surface area contributed by atoms with E-state index in [9.17, 15) is 34.8 Å². The van der Waals surface area contributed by atoms with Gasteiger partial charge < -0.3 is 14.2 Å². The summed E-state index contributed by atoms with van der Waals surface area (Å²) in [6, 6.07) is 6.08. The third-order valence-corrected chi connectivity index (χ3v) is 5.03. The van der Waals surface area contributed by atoms with Crippen LogP contribution in [0.4, 0.5) is 32.0 Å². The van der Waals surface area contributed by atoms with Gasteiger partial charge in [0, 0.05) is 11.1 Å². The first kappa shape index (κ1) is 24.7. The van der Waals surface area contributed by atoms with Crippen LogP contribution in [0.2, 0.25) is 5.02 Å². The molecule has 6 nitrogen and oxygen atoms in total. The summed E-state index contributed by atoms with van der Waals surface area (Å²) in [6.07, 6.45) is -9.52. The van der Waals surface area contributed by atoms with E-state index in [0.29, 0.717) is 6.07 Å². The molecule has 0 bridgehead atoms. The molecule has 0 aliphatic carbocycles. The summed E-state index contributed by atoms with van der Waals surface area (Å²) in [5, 5.41) is 0.106. The Labute approximate surface area is 177 Å². The molecule has 0 atom stereocenters. The second kappa shape index (κ2) is 9.30.